The molecule has 0 aromatic carbocycles. The quantitative estimate of drug-likeness (QED) is 0.702. The molecule has 2 aromatic heterocycles. The third-order valence-corrected chi connectivity index (χ3v) is 5.81. The number of rotatable bonds is 4. The Bertz CT molecular complexity index is 1050. The molecule has 10 heteroatoms. The van der Waals surface area contributed by atoms with E-state index in [2.05, 4.69) is 5.16 Å². The number of hydrogen-bond acceptors (Lipinski definition) is 6. The van der Waals surface area contributed by atoms with Gasteiger partial charge in [0.15, 0.2) is 17.2 Å². The molecule has 1 aliphatic carbocycles. The highest BCUT2D eigenvalue weighted by Gasteiger charge is 2.58. The van der Waals surface area contributed by atoms with Crippen molar-refractivity contribution in [2.24, 2.45) is 0 Å². The first-order chi connectivity index (χ1) is 14.0. The molecule has 4 rings (SSSR count). The molecule has 2 aliphatic rings. The Labute approximate surface area is 170 Å². The molecule has 2 amide bonds. The summed E-state index contributed by atoms with van der Waals surface area (Å²) in [6.07, 6.45) is -2.55. The Morgan fingerprint density at radius 2 is 1.80 bits per heavy atom. The van der Waals surface area contributed by atoms with Crippen LogP contribution in [0.4, 0.5) is 13.6 Å². The van der Waals surface area contributed by atoms with Crippen molar-refractivity contribution in [2.75, 3.05) is 6.54 Å². The predicted molar refractivity (Wildman–Crippen MR) is 98.7 cm³/mol. The highest BCUT2D eigenvalue weighted by atomic mass is 19.3. The summed E-state index contributed by atoms with van der Waals surface area (Å²) in [5.74, 6) is -2.94. The van der Waals surface area contributed by atoms with Crippen LogP contribution in [0.15, 0.2) is 16.7 Å². The van der Waals surface area contributed by atoms with E-state index in [1.165, 1.54) is 0 Å². The Hall–Kier alpha value is -3.04. The number of aryl methyl sites for hydroxylation is 2. The minimum atomic E-state index is -2.88. The molecule has 30 heavy (non-hydrogen) atoms. The predicted octanol–water partition coefficient (Wildman–Crippen LogP) is 3.50. The summed E-state index contributed by atoms with van der Waals surface area (Å²) in [6, 6.07) is 3.36. The average Bonchev–Trinajstić information content (AvgIpc) is 3.29. The van der Waals surface area contributed by atoms with Crippen molar-refractivity contribution >= 4 is 17.8 Å². The van der Waals surface area contributed by atoms with Crippen LogP contribution in [0.5, 0.6) is 0 Å². The number of nitrogens with zero attached hydrogens (tertiary/aromatic N) is 3. The number of imide groups is 1. The van der Waals surface area contributed by atoms with Crippen LogP contribution in [-0.4, -0.2) is 50.5 Å². The largest absolute Gasteiger partial charge is 0.432 e. The van der Waals surface area contributed by atoms with E-state index >= 15 is 0 Å². The molecule has 0 N–H and O–H groups in total. The average molecular weight is 421 g/mol. The number of Topliss-reactive ketones (excluding diaryl/α,β-unsaturated/α-hetero) is 1. The number of carbonyl (C=O) groups excluding carboxylic acids is 3. The van der Waals surface area contributed by atoms with Crippen LogP contribution >= 0.6 is 0 Å². The fourth-order valence-corrected chi connectivity index (χ4v) is 4.15. The van der Waals surface area contributed by atoms with Crippen LogP contribution in [-0.2, 0) is 9.53 Å². The Kier molecular flexibility index (Phi) is 4.55. The molecule has 1 aliphatic heterocycles. The summed E-state index contributed by atoms with van der Waals surface area (Å²) in [6.45, 7) is 4.75. The van der Waals surface area contributed by atoms with Crippen molar-refractivity contribution in [2.45, 2.75) is 58.0 Å². The van der Waals surface area contributed by atoms with Crippen molar-refractivity contribution in [1.29, 1.82) is 0 Å². The number of aromatic nitrogens is 2. The molecule has 1 saturated heterocycles. The lowest BCUT2D eigenvalue weighted by molar-refractivity contribution is -0.146. The number of hydrogen-bond donors (Lipinski definition) is 0. The standard InChI is InChI=1S/C20H21F2N3O5/c1-11-8-14(13(3)25(11)16-9-12(2)30-23-16)15(26)10-24-17(27)19(29-18(24)28)4-6-20(21,22)7-5-19/h8-9H,4-7,10H2,1-3H3. The molecule has 1 spiro atoms. The van der Waals surface area contributed by atoms with Crippen LogP contribution in [0.25, 0.3) is 5.82 Å². The van der Waals surface area contributed by atoms with Crippen molar-refractivity contribution in [3.8, 4) is 5.82 Å². The van der Waals surface area contributed by atoms with E-state index in [1.54, 1.807) is 37.5 Å². The van der Waals surface area contributed by atoms with Crippen molar-refractivity contribution in [3.63, 3.8) is 0 Å². The fraction of sp³-hybridized carbons (Fsp3) is 0.500. The molecule has 1 saturated carbocycles. The molecule has 8 nitrogen and oxygen atoms in total. The molecule has 2 aromatic rings. The maximum Gasteiger partial charge on any atom is 0.418 e. The van der Waals surface area contributed by atoms with Crippen LogP contribution in [0, 0.1) is 20.8 Å². The Balaban J connectivity index is 1.55. The van der Waals surface area contributed by atoms with Gasteiger partial charge in [0.25, 0.3) is 5.91 Å². The second kappa shape index (κ2) is 6.75. The zero-order valence-corrected chi connectivity index (χ0v) is 16.8. The van der Waals surface area contributed by atoms with Gasteiger partial charge in [0.1, 0.15) is 5.76 Å². The summed E-state index contributed by atoms with van der Waals surface area (Å²) in [4.78, 5) is 38.7. The molecule has 160 valence electrons. The number of carbonyl (C=O) groups is 3. The Morgan fingerprint density at radius 1 is 1.13 bits per heavy atom. The van der Waals surface area contributed by atoms with Gasteiger partial charge in [0.05, 0.1) is 6.54 Å². The first-order valence-corrected chi connectivity index (χ1v) is 9.62. The number of halogens is 2. The SMILES string of the molecule is Cc1cc(-n2c(C)cc(C(=O)CN3C(=O)OC4(CCC(F)(F)CC4)C3=O)c2C)no1. The van der Waals surface area contributed by atoms with Crippen LogP contribution in [0.1, 0.15) is 53.2 Å². The van der Waals surface area contributed by atoms with E-state index < -0.39 is 48.7 Å². The van der Waals surface area contributed by atoms with Crippen LogP contribution < -0.4 is 0 Å². The van der Waals surface area contributed by atoms with Crippen molar-refractivity contribution < 1.29 is 32.4 Å². The van der Waals surface area contributed by atoms with Gasteiger partial charge in [-0.05, 0) is 26.8 Å². The van der Waals surface area contributed by atoms with Gasteiger partial charge in [-0.1, -0.05) is 5.16 Å². The summed E-state index contributed by atoms with van der Waals surface area (Å²) in [5, 5.41) is 3.95. The molecule has 0 bridgehead atoms. The van der Waals surface area contributed by atoms with Gasteiger partial charge < -0.3 is 9.26 Å². The monoisotopic (exact) mass is 421 g/mol. The molecule has 0 unspecified atom stereocenters. The highest BCUT2D eigenvalue weighted by molar-refractivity contribution is 6.08. The maximum absolute atomic E-state index is 13.5. The zero-order chi connectivity index (χ0) is 21.8. The lowest BCUT2D eigenvalue weighted by atomic mass is 9.82. The second-order valence-corrected chi connectivity index (χ2v) is 7.95. The van der Waals surface area contributed by atoms with E-state index in [1.807, 2.05) is 0 Å². The van der Waals surface area contributed by atoms with Gasteiger partial charge >= 0.3 is 6.09 Å². The minimum Gasteiger partial charge on any atom is -0.432 e. The second-order valence-electron chi connectivity index (χ2n) is 7.95. The molecular formula is C20H21F2N3O5. The topological polar surface area (TPSA) is 94.6 Å². The number of alkyl halides is 2. The highest BCUT2D eigenvalue weighted by Crippen LogP contribution is 2.44. The molecule has 0 atom stereocenters. The first-order valence-electron chi connectivity index (χ1n) is 9.62. The van der Waals surface area contributed by atoms with Gasteiger partial charge in [-0.15, -0.1) is 0 Å². The van der Waals surface area contributed by atoms with E-state index in [9.17, 15) is 23.2 Å². The molecule has 2 fully saturated rings. The normalized spacial score (nSPS) is 20.1. The number of ketones is 1. The summed E-state index contributed by atoms with van der Waals surface area (Å²) in [5.41, 5.74) is 0.0435. The van der Waals surface area contributed by atoms with Gasteiger partial charge in [0.2, 0.25) is 5.92 Å². The van der Waals surface area contributed by atoms with Gasteiger partial charge in [0, 0.05) is 48.7 Å². The third-order valence-electron chi connectivity index (χ3n) is 5.81. The van der Waals surface area contributed by atoms with Crippen LogP contribution in [0.3, 0.4) is 0 Å². The lowest BCUT2D eigenvalue weighted by Gasteiger charge is -2.33. The van der Waals surface area contributed by atoms with Crippen molar-refractivity contribution in [1.82, 2.24) is 14.6 Å². The number of ether oxygens (including phenoxy) is 1. The van der Waals surface area contributed by atoms with Gasteiger partial charge in [-0.3, -0.25) is 14.2 Å². The minimum absolute atomic E-state index is 0.255. The van der Waals surface area contributed by atoms with Gasteiger partial charge in [-0.25, -0.2) is 18.5 Å². The van der Waals surface area contributed by atoms with E-state index in [4.69, 9.17) is 9.26 Å². The van der Waals surface area contributed by atoms with Gasteiger partial charge in [-0.2, -0.15) is 0 Å². The summed E-state index contributed by atoms with van der Waals surface area (Å²) in [7, 11) is 0. The summed E-state index contributed by atoms with van der Waals surface area (Å²) >= 11 is 0. The Morgan fingerprint density at radius 3 is 2.40 bits per heavy atom. The summed E-state index contributed by atoms with van der Waals surface area (Å²) < 4.78 is 39.0. The number of amides is 2. The fourth-order valence-electron chi connectivity index (χ4n) is 4.15. The molecule has 3 heterocycles. The zero-order valence-electron chi connectivity index (χ0n) is 16.8. The van der Waals surface area contributed by atoms with Crippen molar-refractivity contribution in [3.05, 3.63) is 34.8 Å². The van der Waals surface area contributed by atoms with E-state index in [-0.39, 0.29) is 12.8 Å². The van der Waals surface area contributed by atoms with E-state index in [0.717, 1.165) is 10.6 Å². The maximum atomic E-state index is 13.5. The van der Waals surface area contributed by atoms with Crippen LogP contribution in [0.2, 0.25) is 0 Å². The molecule has 0 radical (unpaired) electrons. The third kappa shape index (κ3) is 3.20. The molecular weight excluding hydrogens is 400 g/mol. The first kappa shape index (κ1) is 20.2. The smallest absolute Gasteiger partial charge is 0.418 e. The van der Waals surface area contributed by atoms with E-state index in [0.29, 0.717) is 22.8 Å². The lowest BCUT2D eigenvalue weighted by Crippen LogP contribution is -2.47.